The van der Waals surface area contributed by atoms with E-state index in [2.05, 4.69) is 34.2 Å². The van der Waals surface area contributed by atoms with Crippen LogP contribution in [-0.2, 0) is 9.47 Å². The van der Waals surface area contributed by atoms with Crippen LogP contribution in [0.3, 0.4) is 0 Å². The van der Waals surface area contributed by atoms with Gasteiger partial charge >= 0.3 is 12.2 Å². The van der Waals surface area contributed by atoms with Crippen molar-refractivity contribution in [3.8, 4) is 33.8 Å². The van der Waals surface area contributed by atoms with E-state index in [0.717, 1.165) is 83.9 Å². The Bertz CT molecular complexity index is 1750. The van der Waals surface area contributed by atoms with Crippen LogP contribution in [0.25, 0.3) is 33.8 Å². The average molecular weight is 678 g/mol. The summed E-state index contributed by atoms with van der Waals surface area (Å²) in [6.45, 7) is 11.4. The third kappa shape index (κ3) is 6.04. The second-order valence-corrected chi connectivity index (χ2v) is 16.5. The lowest BCUT2D eigenvalue weighted by Crippen LogP contribution is -2.43. The predicted octanol–water partition coefficient (Wildman–Crippen LogP) is 8.45. The maximum atomic E-state index is 13.2. The standard InChI is InChI=1S/C39H47N7O4/c1-38(2,3)49-36(47)45-27-14-11-24(17-27)32(45)34-41-20-30(43-34)23-9-7-22(8-10-23)29-16-13-26(19-40-29)31-21-42-35(44-31)33-25-12-15-28(18-25)46(33)37(48)50-39(4,5)6/h7-10,13,16,19-21,24-25,27-28,32-33H,11-12,14-15,17-18H2,1-6H3,(H,41,43)(H,42,44)/t24-,25-,27+,28+,32?,33?/m0/s1. The molecule has 262 valence electrons. The van der Waals surface area contributed by atoms with Crippen molar-refractivity contribution in [1.29, 1.82) is 0 Å². The Balaban J connectivity index is 0.953. The molecule has 2 aliphatic carbocycles. The molecule has 2 saturated carbocycles. The van der Waals surface area contributed by atoms with Crippen molar-refractivity contribution in [1.82, 2.24) is 34.7 Å². The molecule has 11 heteroatoms. The van der Waals surface area contributed by atoms with Crippen LogP contribution in [0.2, 0.25) is 0 Å². The first-order chi connectivity index (χ1) is 23.8. The molecule has 4 bridgehead atoms. The molecule has 1 aromatic carbocycles. The normalized spacial score (nSPS) is 25.8. The van der Waals surface area contributed by atoms with Gasteiger partial charge in [0.1, 0.15) is 22.9 Å². The zero-order chi connectivity index (χ0) is 34.9. The van der Waals surface area contributed by atoms with E-state index in [1.54, 1.807) is 0 Å². The number of rotatable bonds is 5. The number of fused-ring (bicyclic) bond motifs is 4. The molecule has 50 heavy (non-hydrogen) atoms. The number of nitrogens with zero attached hydrogens (tertiary/aromatic N) is 5. The van der Waals surface area contributed by atoms with Crippen molar-refractivity contribution in [2.75, 3.05) is 0 Å². The van der Waals surface area contributed by atoms with Gasteiger partial charge in [-0.2, -0.15) is 0 Å². The Morgan fingerprint density at radius 1 is 0.640 bits per heavy atom. The first-order valence-electron chi connectivity index (χ1n) is 18.0. The highest BCUT2D eigenvalue weighted by atomic mass is 16.6. The van der Waals surface area contributed by atoms with Crippen LogP contribution in [0.1, 0.15) is 104 Å². The summed E-state index contributed by atoms with van der Waals surface area (Å²) in [5, 5.41) is 0. The third-order valence-corrected chi connectivity index (χ3v) is 10.7. The molecule has 2 unspecified atom stereocenters. The van der Waals surface area contributed by atoms with Gasteiger partial charge in [0.25, 0.3) is 0 Å². The summed E-state index contributed by atoms with van der Waals surface area (Å²) in [4.78, 5) is 51.6. The molecular formula is C39H47N7O4. The number of piperidine rings is 2. The summed E-state index contributed by atoms with van der Waals surface area (Å²) in [5.41, 5.74) is 4.31. The topological polar surface area (TPSA) is 129 Å². The van der Waals surface area contributed by atoms with Gasteiger partial charge in [-0.15, -0.1) is 0 Å². The van der Waals surface area contributed by atoms with Crippen molar-refractivity contribution in [2.45, 2.75) is 115 Å². The van der Waals surface area contributed by atoms with Gasteiger partial charge in [-0.3, -0.25) is 14.8 Å². The first kappa shape index (κ1) is 32.5. The lowest BCUT2D eigenvalue weighted by molar-refractivity contribution is 0.00523. The predicted molar refractivity (Wildman–Crippen MR) is 189 cm³/mol. The van der Waals surface area contributed by atoms with E-state index < -0.39 is 11.2 Å². The van der Waals surface area contributed by atoms with E-state index in [9.17, 15) is 9.59 Å². The van der Waals surface area contributed by atoms with Gasteiger partial charge < -0.3 is 19.4 Å². The van der Waals surface area contributed by atoms with E-state index >= 15 is 0 Å². The van der Waals surface area contributed by atoms with E-state index in [1.165, 1.54) is 0 Å². The number of H-pyrrole nitrogens is 2. The molecule has 8 rings (SSSR count). The number of aromatic nitrogens is 5. The Kier molecular flexibility index (Phi) is 7.80. The van der Waals surface area contributed by atoms with Crippen LogP contribution in [0.5, 0.6) is 0 Å². The quantitative estimate of drug-likeness (QED) is 0.217. The Morgan fingerprint density at radius 2 is 1.08 bits per heavy atom. The molecule has 4 aliphatic rings. The molecule has 2 amide bonds. The van der Waals surface area contributed by atoms with Gasteiger partial charge in [0, 0.05) is 47.4 Å². The van der Waals surface area contributed by atoms with Crippen molar-refractivity contribution in [3.63, 3.8) is 0 Å². The third-order valence-electron chi connectivity index (χ3n) is 10.7. The minimum atomic E-state index is -0.546. The van der Waals surface area contributed by atoms with Gasteiger partial charge in [0.2, 0.25) is 0 Å². The number of amides is 2. The summed E-state index contributed by atoms with van der Waals surface area (Å²) in [6, 6.07) is 12.5. The fraction of sp³-hybridized carbons (Fsp3) is 0.513. The van der Waals surface area contributed by atoms with Crippen LogP contribution in [0.4, 0.5) is 9.59 Å². The highest BCUT2D eigenvalue weighted by Crippen LogP contribution is 2.51. The van der Waals surface area contributed by atoms with E-state index in [0.29, 0.717) is 11.8 Å². The molecule has 4 fully saturated rings. The summed E-state index contributed by atoms with van der Waals surface area (Å²) < 4.78 is 11.6. The highest BCUT2D eigenvalue weighted by molar-refractivity contribution is 5.72. The van der Waals surface area contributed by atoms with Gasteiger partial charge in [-0.05, 0) is 104 Å². The molecule has 2 saturated heterocycles. The molecule has 2 N–H and O–H groups in total. The summed E-state index contributed by atoms with van der Waals surface area (Å²) >= 11 is 0. The molecule has 5 heterocycles. The van der Waals surface area contributed by atoms with Crippen LogP contribution in [0.15, 0.2) is 55.0 Å². The number of carbonyl (C=O) groups excluding carboxylic acids is 2. The van der Waals surface area contributed by atoms with Gasteiger partial charge in [0.15, 0.2) is 0 Å². The maximum absolute atomic E-state index is 13.2. The molecule has 6 atom stereocenters. The Hall–Kier alpha value is -4.67. The molecule has 0 spiro atoms. The van der Waals surface area contributed by atoms with E-state index in [4.69, 9.17) is 24.4 Å². The average Bonchev–Trinajstić information content (AvgIpc) is 3.92. The number of likely N-dealkylation sites (tertiary alicyclic amines) is 2. The second-order valence-electron chi connectivity index (χ2n) is 16.5. The molecule has 0 radical (unpaired) electrons. The van der Waals surface area contributed by atoms with Crippen LogP contribution in [-0.4, -0.2) is 70.2 Å². The minimum absolute atomic E-state index is 0.0952. The number of pyridine rings is 1. The Labute approximate surface area is 293 Å². The number of aromatic amines is 2. The molecule has 11 nitrogen and oxygen atoms in total. The van der Waals surface area contributed by atoms with Crippen molar-refractivity contribution < 1.29 is 19.1 Å². The minimum Gasteiger partial charge on any atom is -0.444 e. The largest absolute Gasteiger partial charge is 0.444 e. The van der Waals surface area contributed by atoms with Crippen molar-refractivity contribution in [3.05, 3.63) is 66.6 Å². The number of hydrogen-bond donors (Lipinski definition) is 2. The number of carbonyl (C=O) groups is 2. The lowest BCUT2D eigenvalue weighted by atomic mass is 9.98. The van der Waals surface area contributed by atoms with Gasteiger partial charge in [-0.1, -0.05) is 24.3 Å². The van der Waals surface area contributed by atoms with Gasteiger partial charge in [-0.25, -0.2) is 19.6 Å². The SMILES string of the molecule is CC(C)(C)OC(=O)N1C(c2nc(-c3ccc(-c4ccc(-c5c[nH]c(C6[C@H]7CC[C@H](C7)N6C(=O)OC(C)(C)C)n5)cn4)cc3)c[nH]2)[C@H]2CC[C@@H]1C2. The maximum Gasteiger partial charge on any atom is 0.411 e. The summed E-state index contributed by atoms with van der Waals surface area (Å²) in [5.74, 6) is 2.39. The highest BCUT2D eigenvalue weighted by Gasteiger charge is 2.52. The fourth-order valence-electron chi connectivity index (χ4n) is 8.64. The molecular weight excluding hydrogens is 630 g/mol. The number of hydrogen-bond acceptors (Lipinski definition) is 7. The molecule has 3 aromatic heterocycles. The summed E-state index contributed by atoms with van der Waals surface area (Å²) in [7, 11) is 0. The fourth-order valence-corrected chi connectivity index (χ4v) is 8.64. The number of imidazole rings is 2. The number of ether oxygens (including phenoxy) is 2. The van der Waals surface area contributed by atoms with Crippen molar-refractivity contribution in [2.24, 2.45) is 11.8 Å². The molecule has 2 aliphatic heterocycles. The second kappa shape index (κ2) is 12.0. The Morgan fingerprint density at radius 3 is 1.52 bits per heavy atom. The van der Waals surface area contributed by atoms with Crippen LogP contribution in [0, 0.1) is 11.8 Å². The monoisotopic (exact) mass is 677 g/mol. The van der Waals surface area contributed by atoms with Crippen molar-refractivity contribution >= 4 is 12.2 Å². The smallest absolute Gasteiger partial charge is 0.411 e. The van der Waals surface area contributed by atoms with E-state index in [1.807, 2.05) is 82.1 Å². The number of benzene rings is 1. The lowest BCUT2D eigenvalue weighted by Gasteiger charge is -2.35. The van der Waals surface area contributed by atoms with Gasteiger partial charge in [0.05, 0.1) is 29.2 Å². The zero-order valence-electron chi connectivity index (χ0n) is 29.8. The molecule has 4 aromatic rings. The van der Waals surface area contributed by atoms with E-state index in [-0.39, 0.29) is 36.4 Å². The zero-order valence-corrected chi connectivity index (χ0v) is 29.8. The van der Waals surface area contributed by atoms with Crippen LogP contribution >= 0.6 is 0 Å². The van der Waals surface area contributed by atoms with Crippen LogP contribution < -0.4 is 0 Å². The number of nitrogens with one attached hydrogen (secondary N) is 2. The summed E-state index contributed by atoms with van der Waals surface area (Å²) in [6.07, 6.45) is 11.4. The first-order valence-corrected chi connectivity index (χ1v) is 18.0.